The molecule has 5 heterocycles. The highest BCUT2D eigenvalue weighted by Gasteiger charge is 2.35. The third kappa shape index (κ3) is 17.9. The molecule has 15 nitrogen and oxygen atoms in total. The summed E-state index contributed by atoms with van der Waals surface area (Å²) in [5, 5.41) is 1.03. The molecule has 4 aromatic heterocycles. The summed E-state index contributed by atoms with van der Waals surface area (Å²) in [5.41, 5.74) is 11.5. The van der Waals surface area contributed by atoms with E-state index in [9.17, 15) is 0 Å². The van der Waals surface area contributed by atoms with Crippen LogP contribution in [-0.2, 0) is 26.0 Å². The summed E-state index contributed by atoms with van der Waals surface area (Å²) in [5.74, 6) is 2.97. The van der Waals surface area contributed by atoms with Gasteiger partial charge < -0.3 is 29.4 Å². The zero-order valence-corrected chi connectivity index (χ0v) is 54.2. The van der Waals surface area contributed by atoms with Gasteiger partial charge in [-0.05, 0) is 103 Å². The SMILES string of the molecule is CCN1C(=CC=Cc2nc(C(Cl)(Cl)Cl)nc(C(Cl)(Cl)Cl)n2)Oc2ccccc21.COc1ccc(-c2c(C=Cc3nc(C(Cl)(Cl)Cl)nc(C(Cl)(Cl)Cl)n3)c3ccccc3n2C)cc1.COc1ccc(C=Cc2nc(N)nc(C(Cl)(Cl)Cl)n2)cc1. The number of nitrogen functional groups attached to an aromatic ring is 1. The van der Waals surface area contributed by atoms with Crippen LogP contribution < -0.4 is 24.8 Å². The van der Waals surface area contributed by atoms with Crippen molar-refractivity contribution < 1.29 is 14.2 Å². The standard InChI is InChI=1S/C23H16Cl6N4O.C17H12Cl6N4O.C13H11Cl3N4O/c1-33-17-6-4-3-5-15(17)16(19(33)13-7-9-14(34-2)10-8-13)11-12-18-30-20(22(24,25)26)32-21(31-18)23(27,28)29;1-2-27-10-6-3-4-7-11(10)28-13(27)9-5-8-12-24-14(16(18,19)20)26-15(25-12)17(21,22)23;1-21-9-5-2-8(3-6-9)4-7-10-18-11(13(14,15)16)20-12(17)19-10/h3-12H,1-2H3;3-9H,2H2,1H3;2-7H,1H3,(H2,17,18,19,20). The average Bonchev–Trinajstić information content (AvgIpc) is 3.32. The van der Waals surface area contributed by atoms with E-state index in [0.29, 0.717) is 11.7 Å². The fourth-order valence-electron chi connectivity index (χ4n) is 7.50. The van der Waals surface area contributed by atoms with Crippen LogP contribution in [0.1, 0.15) is 64.6 Å². The number of anilines is 2. The molecule has 0 saturated carbocycles. The summed E-state index contributed by atoms with van der Waals surface area (Å²) in [6.07, 6.45) is 12.0. The molecule has 0 saturated heterocycles. The average molecular weight is 1420 g/mol. The van der Waals surface area contributed by atoms with Crippen molar-refractivity contribution in [1.82, 2.24) is 49.4 Å². The maximum Gasteiger partial charge on any atom is 0.250 e. The highest BCUT2D eigenvalue weighted by molar-refractivity contribution is 6.68. The number of aromatic nitrogens is 10. The Balaban J connectivity index is 0.000000184. The topological polar surface area (TPSA) is 178 Å². The Bertz CT molecular complexity index is 3640. The van der Waals surface area contributed by atoms with Gasteiger partial charge in [0.25, 0.3) is 0 Å². The highest BCUT2D eigenvalue weighted by atomic mass is 35.6. The maximum absolute atomic E-state index is 5.99. The van der Waals surface area contributed by atoms with E-state index in [1.165, 1.54) is 0 Å². The van der Waals surface area contributed by atoms with Crippen molar-refractivity contribution in [2.24, 2.45) is 7.05 Å². The van der Waals surface area contributed by atoms with E-state index < -0.39 is 19.0 Å². The minimum Gasteiger partial charge on any atom is -0.497 e. The highest BCUT2D eigenvalue weighted by Crippen LogP contribution is 2.43. The third-order valence-corrected chi connectivity index (χ3v) is 13.7. The van der Waals surface area contributed by atoms with Gasteiger partial charge in [-0.3, -0.25) is 0 Å². The Morgan fingerprint density at radius 1 is 0.506 bits per heavy atom. The number of nitrogens with zero attached hydrogens (tertiary/aromatic N) is 11. The second-order valence-electron chi connectivity index (χ2n) is 16.7. The van der Waals surface area contributed by atoms with Crippen LogP contribution in [0.15, 0.2) is 115 Å². The zero-order valence-electron chi connectivity index (χ0n) is 42.9. The van der Waals surface area contributed by atoms with E-state index in [4.69, 9.17) is 194 Å². The number of allylic oxidation sites excluding steroid dienone is 2. The number of halogens is 15. The van der Waals surface area contributed by atoms with Crippen LogP contribution in [0.4, 0.5) is 11.6 Å². The smallest absolute Gasteiger partial charge is 0.250 e. The molecule has 4 aromatic carbocycles. The van der Waals surface area contributed by atoms with E-state index in [1.54, 1.807) is 50.7 Å². The first-order valence-electron chi connectivity index (χ1n) is 23.5. The second-order valence-corrected chi connectivity index (χ2v) is 28.1. The molecule has 0 bridgehead atoms. The number of fused-ring (bicyclic) bond motifs is 2. The summed E-state index contributed by atoms with van der Waals surface area (Å²) in [6, 6.07) is 31.0. The number of methoxy groups -OCH3 is 2. The van der Waals surface area contributed by atoms with Crippen LogP contribution in [0.2, 0.25) is 0 Å². The molecular formula is C53H39Cl15N12O3. The molecule has 1 aliphatic heterocycles. The molecule has 2 N–H and O–H groups in total. The minimum absolute atomic E-state index is 0.0132. The lowest BCUT2D eigenvalue weighted by molar-refractivity contribution is 0.414. The molecule has 9 rings (SSSR count). The summed E-state index contributed by atoms with van der Waals surface area (Å²) in [6.45, 7) is 2.76. The van der Waals surface area contributed by atoms with Crippen LogP contribution in [-0.4, -0.2) is 70.2 Å². The van der Waals surface area contributed by atoms with Crippen molar-refractivity contribution in [2.45, 2.75) is 25.9 Å². The van der Waals surface area contributed by atoms with E-state index >= 15 is 0 Å². The predicted molar refractivity (Wildman–Crippen MR) is 343 cm³/mol. The molecule has 0 amide bonds. The van der Waals surface area contributed by atoms with Crippen LogP contribution in [0.3, 0.4) is 0 Å². The first-order valence-corrected chi connectivity index (χ1v) is 29.2. The zero-order chi connectivity index (χ0) is 60.7. The van der Waals surface area contributed by atoms with E-state index in [1.807, 2.05) is 122 Å². The van der Waals surface area contributed by atoms with Gasteiger partial charge in [-0.25, -0.2) is 34.9 Å². The summed E-state index contributed by atoms with van der Waals surface area (Å²) < 4.78 is 8.96. The fourth-order valence-corrected chi connectivity index (χ4v) is 8.77. The van der Waals surface area contributed by atoms with E-state index in [2.05, 4.69) is 49.4 Å². The lowest BCUT2D eigenvalue weighted by atomic mass is 10.0. The second kappa shape index (κ2) is 28.1. The molecule has 1 aliphatic rings. The van der Waals surface area contributed by atoms with Crippen molar-refractivity contribution in [3.8, 4) is 28.5 Å². The Morgan fingerprint density at radius 2 is 0.952 bits per heavy atom. The monoisotopic (exact) mass is 1420 g/mol. The molecule has 30 heteroatoms. The number of alkyl halides is 15. The molecular weight excluding hydrogens is 1380 g/mol. The van der Waals surface area contributed by atoms with Gasteiger partial charge in [0, 0.05) is 30.1 Å². The molecule has 0 unspecified atom stereocenters. The molecule has 434 valence electrons. The Kier molecular flexibility index (Phi) is 22.4. The predicted octanol–water partition coefficient (Wildman–Crippen LogP) is 17.6. The molecule has 8 aromatic rings. The lowest BCUT2D eigenvalue weighted by Gasteiger charge is -2.15. The van der Waals surface area contributed by atoms with Crippen LogP contribution in [0.5, 0.6) is 17.2 Å². The number of hydrogen-bond acceptors (Lipinski definition) is 14. The Hall–Kier alpha value is -4.24. The molecule has 0 atom stereocenters. The van der Waals surface area contributed by atoms with Gasteiger partial charge in [0.1, 0.15) is 11.5 Å². The third-order valence-electron chi connectivity index (χ3n) is 11.1. The number of para-hydroxylation sites is 3. The summed E-state index contributed by atoms with van der Waals surface area (Å²) in [7, 11) is 5.24. The van der Waals surface area contributed by atoms with E-state index in [-0.39, 0.29) is 46.7 Å². The quantitative estimate of drug-likeness (QED) is 0.128. The number of ether oxygens (including phenoxy) is 3. The Labute approximate surface area is 551 Å². The van der Waals surface area contributed by atoms with Crippen LogP contribution in [0, 0.1) is 0 Å². The van der Waals surface area contributed by atoms with Gasteiger partial charge in [-0.1, -0.05) is 229 Å². The van der Waals surface area contributed by atoms with Crippen molar-refractivity contribution in [3.05, 3.63) is 173 Å². The van der Waals surface area contributed by atoms with Gasteiger partial charge >= 0.3 is 0 Å². The first-order chi connectivity index (χ1) is 39.0. The summed E-state index contributed by atoms with van der Waals surface area (Å²) in [4.78, 5) is 38.4. The molecule has 0 fully saturated rings. The summed E-state index contributed by atoms with van der Waals surface area (Å²) >= 11 is 88.4. The van der Waals surface area contributed by atoms with Crippen molar-refractivity contribution in [3.63, 3.8) is 0 Å². The molecule has 0 aliphatic carbocycles. The van der Waals surface area contributed by atoms with Crippen LogP contribution >= 0.6 is 174 Å². The maximum atomic E-state index is 5.99. The first kappa shape index (κ1) is 66.3. The van der Waals surface area contributed by atoms with Gasteiger partial charge in [0.2, 0.25) is 30.8 Å². The van der Waals surface area contributed by atoms with E-state index in [0.717, 1.165) is 62.8 Å². The number of rotatable bonds is 10. The van der Waals surface area contributed by atoms with Gasteiger partial charge in [0.15, 0.2) is 52.3 Å². The number of benzene rings is 4. The van der Waals surface area contributed by atoms with Crippen molar-refractivity contribution in [2.75, 3.05) is 31.4 Å². The minimum atomic E-state index is -1.93. The van der Waals surface area contributed by atoms with Crippen molar-refractivity contribution >= 4 is 227 Å². The lowest BCUT2D eigenvalue weighted by Crippen LogP contribution is -2.19. The molecule has 0 radical (unpaired) electrons. The normalized spacial score (nSPS) is 13.5. The van der Waals surface area contributed by atoms with Crippen LogP contribution in [0.25, 0.3) is 52.5 Å². The van der Waals surface area contributed by atoms with Gasteiger partial charge in [-0.15, -0.1) is 0 Å². The van der Waals surface area contributed by atoms with Gasteiger partial charge in [-0.2, -0.15) is 9.97 Å². The largest absolute Gasteiger partial charge is 0.497 e. The van der Waals surface area contributed by atoms with Crippen molar-refractivity contribution in [1.29, 1.82) is 0 Å². The Morgan fingerprint density at radius 3 is 1.46 bits per heavy atom. The number of aryl methyl sites for hydroxylation is 1. The fraction of sp³-hybridized carbons (Fsp3) is 0.189. The number of nitrogens with two attached hydrogens (primary N) is 1. The van der Waals surface area contributed by atoms with Gasteiger partial charge in [0.05, 0.1) is 25.6 Å². The molecule has 0 spiro atoms. The molecule has 83 heavy (non-hydrogen) atoms. The number of hydrogen-bond donors (Lipinski definition) is 1.